The number of hydrogen-bond donors (Lipinski definition) is 3. The third kappa shape index (κ3) is 3.47. The Kier molecular flexibility index (Phi) is 4.37. The first kappa shape index (κ1) is 14.8. The molecule has 1 atom stereocenters. The van der Waals surface area contributed by atoms with Gasteiger partial charge in [-0.3, -0.25) is 9.59 Å². The van der Waals surface area contributed by atoms with Crippen LogP contribution in [0.4, 0.5) is 5.82 Å². The lowest BCUT2D eigenvalue weighted by Crippen LogP contribution is -2.18. The largest absolute Gasteiger partial charge is 0.481 e. The van der Waals surface area contributed by atoms with Gasteiger partial charge in [0.05, 0.1) is 17.0 Å². The molecule has 1 amide bonds. The van der Waals surface area contributed by atoms with Gasteiger partial charge in [-0.1, -0.05) is 25.1 Å². The Bertz CT molecular complexity index is 685. The minimum Gasteiger partial charge on any atom is -0.481 e. The molecule has 1 aromatic carbocycles. The van der Waals surface area contributed by atoms with E-state index >= 15 is 0 Å². The molecule has 6 heteroatoms. The standard InChI is InChI=1S/C15H17N3O3/c1-9(15(20)21)6-7-17-14-11(13(16)19)8-10-4-2-3-5-12(10)18-14/h2-5,8-9H,6-7H2,1H3,(H2,16,19)(H,17,18)(H,20,21). The summed E-state index contributed by atoms with van der Waals surface area (Å²) in [7, 11) is 0. The van der Waals surface area contributed by atoms with Crippen molar-refractivity contribution in [1.29, 1.82) is 0 Å². The van der Waals surface area contributed by atoms with Gasteiger partial charge in [0.2, 0.25) is 0 Å². The van der Waals surface area contributed by atoms with Gasteiger partial charge in [-0.2, -0.15) is 0 Å². The zero-order valence-electron chi connectivity index (χ0n) is 11.7. The van der Waals surface area contributed by atoms with Crippen LogP contribution < -0.4 is 11.1 Å². The fourth-order valence-electron chi connectivity index (χ4n) is 1.97. The highest BCUT2D eigenvalue weighted by molar-refractivity contribution is 6.01. The number of carbonyl (C=O) groups is 2. The topological polar surface area (TPSA) is 105 Å². The van der Waals surface area contributed by atoms with Gasteiger partial charge in [-0.15, -0.1) is 0 Å². The molecule has 21 heavy (non-hydrogen) atoms. The number of nitrogens with two attached hydrogens (primary N) is 1. The molecule has 1 unspecified atom stereocenters. The minimum absolute atomic E-state index is 0.302. The molecular formula is C15H17N3O3. The molecule has 2 rings (SSSR count). The number of nitrogens with one attached hydrogen (secondary N) is 1. The van der Waals surface area contributed by atoms with E-state index in [0.29, 0.717) is 24.3 Å². The highest BCUT2D eigenvalue weighted by Gasteiger charge is 2.13. The maximum absolute atomic E-state index is 11.5. The smallest absolute Gasteiger partial charge is 0.306 e. The fourth-order valence-corrected chi connectivity index (χ4v) is 1.97. The Balaban J connectivity index is 2.23. The first-order chi connectivity index (χ1) is 9.99. The summed E-state index contributed by atoms with van der Waals surface area (Å²) < 4.78 is 0. The number of nitrogens with zero attached hydrogens (tertiary/aromatic N) is 1. The maximum atomic E-state index is 11.5. The van der Waals surface area contributed by atoms with Crippen LogP contribution in [0.3, 0.4) is 0 Å². The van der Waals surface area contributed by atoms with Crippen LogP contribution in [-0.4, -0.2) is 28.5 Å². The van der Waals surface area contributed by atoms with Gasteiger partial charge in [-0.05, 0) is 18.6 Å². The predicted octanol–water partition coefficient (Wildman–Crippen LogP) is 1.86. The Morgan fingerprint density at radius 1 is 1.38 bits per heavy atom. The Hall–Kier alpha value is -2.63. The van der Waals surface area contributed by atoms with Crippen LogP contribution in [0.25, 0.3) is 10.9 Å². The number of anilines is 1. The Morgan fingerprint density at radius 3 is 2.76 bits per heavy atom. The molecule has 4 N–H and O–H groups in total. The van der Waals surface area contributed by atoms with Gasteiger partial charge in [-0.25, -0.2) is 4.98 Å². The minimum atomic E-state index is -0.849. The number of benzene rings is 1. The summed E-state index contributed by atoms with van der Waals surface area (Å²) in [6.07, 6.45) is 0.433. The lowest BCUT2D eigenvalue weighted by atomic mass is 10.1. The third-order valence-electron chi connectivity index (χ3n) is 3.28. The summed E-state index contributed by atoms with van der Waals surface area (Å²) >= 11 is 0. The molecule has 0 aliphatic heterocycles. The lowest BCUT2D eigenvalue weighted by Gasteiger charge is -2.12. The number of carboxylic acid groups (broad SMARTS) is 1. The molecule has 0 bridgehead atoms. The number of aliphatic carboxylic acids is 1. The number of pyridine rings is 1. The summed E-state index contributed by atoms with van der Waals surface area (Å²) in [5, 5.41) is 12.7. The second-order valence-corrected chi connectivity index (χ2v) is 4.90. The molecule has 0 spiro atoms. The second kappa shape index (κ2) is 6.21. The number of rotatable bonds is 6. The summed E-state index contributed by atoms with van der Waals surface area (Å²) in [6, 6.07) is 9.09. The lowest BCUT2D eigenvalue weighted by molar-refractivity contribution is -0.141. The zero-order chi connectivity index (χ0) is 15.4. The molecule has 0 fully saturated rings. The Morgan fingerprint density at radius 2 is 2.10 bits per heavy atom. The van der Waals surface area contributed by atoms with E-state index in [4.69, 9.17) is 10.8 Å². The predicted molar refractivity (Wildman–Crippen MR) is 80.2 cm³/mol. The number of carboxylic acids is 1. The van der Waals surface area contributed by atoms with E-state index in [-0.39, 0.29) is 0 Å². The van der Waals surface area contributed by atoms with Crippen molar-refractivity contribution in [2.24, 2.45) is 11.7 Å². The second-order valence-electron chi connectivity index (χ2n) is 4.90. The van der Waals surface area contributed by atoms with Crippen LogP contribution >= 0.6 is 0 Å². The summed E-state index contributed by atoms with van der Waals surface area (Å²) in [4.78, 5) is 26.7. The van der Waals surface area contributed by atoms with Crippen molar-refractivity contribution in [1.82, 2.24) is 4.98 Å². The first-order valence-corrected chi connectivity index (χ1v) is 6.65. The van der Waals surface area contributed by atoms with Crippen molar-refractivity contribution in [2.75, 3.05) is 11.9 Å². The number of hydrogen-bond acceptors (Lipinski definition) is 4. The first-order valence-electron chi connectivity index (χ1n) is 6.65. The number of carbonyl (C=O) groups excluding carboxylic acids is 1. The van der Waals surface area contributed by atoms with Crippen molar-refractivity contribution in [3.63, 3.8) is 0 Å². The SMILES string of the molecule is CC(CCNc1nc2ccccc2cc1C(N)=O)C(=O)O. The van der Waals surface area contributed by atoms with E-state index in [1.54, 1.807) is 13.0 Å². The van der Waals surface area contributed by atoms with E-state index < -0.39 is 17.8 Å². The molecule has 0 aliphatic carbocycles. The zero-order valence-corrected chi connectivity index (χ0v) is 11.7. The maximum Gasteiger partial charge on any atom is 0.306 e. The van der Waals surface area contributed by atoms with Crippen molar-refractivity contribution in [2.45, 2.75) is 13.3 Å². The molecule has 6 nitrogen and oxygen atoms in total. The van der Waals surface area contributed by atoms with Crippen LogP contribution in [0.15, 0.2) is 30.3 Å². The van der Waals surface area contributed by atoms with Crippen molar-refractivity contribution < 1.29 is 14.7 Å². The van der Waals surface area contributed by atoms with Crippen molar-refractivity contribution in [3.8, 4) is 0 Å². The van der Waals surface area contributed by atoms with Crippen LogP contribution in [0.2, 0.25) is 0 Å². The van der Waals surface area contributed by atoms with E-state index in [1.165, 1.54) is 0 Å². The van der Waals surface area contributed by atoms with E-state index in [9.17, 15) is 9.59 Å². The molecule has 2 aromatic rings. The van der Waals surface area contributed by atoms with Gasteiger partial charge in [0, 0.05) is 11.9 Å². The normalized spacial score (nSPS) is 12.0. The van der Waals surface area contributed by atoms with Crippen LogP contribution in [-0.2, 0) is 4.79 Å². The van der Waals surface area contributed by atoms with Crippen molar-refractivity contribution in [3.05, 3.63) is 35.9 Å². The summed E-state index contributed by atoms with van der Waals surface area (Å²) in [6.45, 7) is 2.03. The summed E-state index contributed by atoms with van der Waals surface area (Å²) in [5.41, 5.74) is 6.42. The van der Waals surface area contributed by atoms with E-state index in [2.05, 4.69) is 10.3 Å². The highest BCUT2D eigenvalue weighted by atomic mass is 16.4. The van der Waals surface area contributed by atoms with Gasteiger partial charge in [0.25, 0.3) is 5.91 Å². The molecule has 1 heterocycles. The Labute approximate surface area is 122 Å². The molecular weight excluding hydrogens is 270 g/mol. The third-order valence-corrected chi connectivity index (χ3v) is 3.28. The molecule has 1 aromatic heterocycles. The quantitative estimate of drug-likeness (QED) is 0.752. The monoisotopic (exact) mass is 287 g/mol. The highest BCUT2D eigenvalue weighted by Crippen LogP contribution is 2.20. The van der Waals surface area contributed by atoms with Gasteiger partial charge < -0.3 is 16.2 Å². The molecule has 110 valence electrons. The summed E-state index contributed by atoms with van der Waals surface area (Å²) in [5.74, 6) is -1.49. The van der Waals surface area contributed by atoms with Crippen LogP contribution in [0.1, 0.15) is 23.7 Å². The van der Waals surface area contributed by atoms with Gasteiger partial charge in [0.1, 0.15) is 5.82 Å². The fraction of sp³-hybridized carbons (Fsp3) is 0.267. The van der Waals surface area contributed by atoms with Crippen molar-refractivity contribution >= 4 is 28.6 Å². The molecule has 0 aliphatic rings. The molecule has 0 saturated heterocycles. The average Bonchev–Trinajstić information content (AvgIpc) is 2.46. The number of aromatic nitrogens is 1. The van der Waals surface area contributed by atoms with Gasteiger partial charge in [0.15, 0.2) is 0 Å². The average molecular weight is 287 g/mol. The van der Waals surface area contributed by atoms with Gasteiger partial charge >= 0.3 is 5.97 Å². The number of primary amides is 1. The molecule has 0 saturated carbocycles. The number of fused-ring (bicyclic) bond motifs is 1. The number of amides is 1. The van der Waals surface area contributed by atoms with E-state index in [1.807, 2.05) is 24.3 Å². The molecule has 0 radical (unpaired) electrons. The van der Waals surface area contributed by atoms with Crippen LogP contribution in [0, 0.1) is 5.92 Å². The van der Waals surface area contributed by atoms with E-state index in [0.717, 1.165) is 10.9 Å². The van der Waals surface area contributed by atoms with Crippen LogP contribution in [0.5, 0.6) is 0 Å². The number of para-hydroxylation sites is 1.